The lowest BCUT2D eigenvalue weighted by atomic mass is 9.79. The number of halogens is 1. The zero-order valence-electron chi connectivity index (χ0n) is 19.2. The van der Waals surface area contributed by atoms with Crippen LogP contribution in [0.2, 0.25) is 0 Å². The van der Waals surface area contributed by atoms with Crippen molar-refractivity contribution in [3.63, 3.8) is 0 Å². The van der Waals surface area contributed by atoms with Crippen LogP contribution >= 0.6 is 0 Å². The fourth-order valence-electron chi connectivity index (χ4n) is 4.58. The van der Waals surface area contributed by atoms with Crippen molar-refractivity contribution in [2.24, 2.45) is 5.92 Å². The summed E-state index contributed by atoms with van der Waals surface area (Å²) in [5.74, 6) is -1.44. The normalized spacial score (nSPS) is 17.3. The molecule has 0 saturated heterocycles. The van der Waals surface area contributed by atoms with Crippen LogP contribution in [0, 0.1) is 23.1 Å². The molecule has 0 aromatic heterocycles. The molecule has 3 aromatic rings. The predicted molar refractivity (Wildman–Crippen MR) is 129 cm³/mol. The van der Waals surface area contributed by atoms with Gasteiger partial charge in [-0.3, -0.25) is 9.59 Å². The molecule has 0 aliphatic carbocycles. The van der Waals surface area contributed by atoms with Crippen LogP contribution in [-0.4, -0.2) is 29.3 Å². The fourth-order valence-corrected chi connectivity index (χ4v) is 4.58. The first kappa shape index (κ1) is 23.2. The van der Waals surface area contributed by atoms with Crippen molar-refractivity contribution in [3.8, 4) is 6.07 Å². The van der Waals surface area contributed by atoms with E-state index in [4.69, 9.17) is 5.26 Å². The quantitative estimate of drug-likeness (QED) is 0.559. The summed E-state index contributed by atoms with van der Waals surface area (Å²) in [5, 5.41) is 12.0. The van der Waals surface area contributed by atoms with E-state index in [0.29, 0.717) is 29.8 Å². The van der Waals surface area contributed by atoms with Crippen LogP contribution in [0.3, 0.4) is 0 Å². The van der Waals surface area contributed by atoms with Gasteiger partial charge in [-0.05, 0) is 47.7 Å². The first-order valence-electron chi connectivity index (χ1n) is 11.3. The smallest absolute Gasteiger partial charge is 0.254 e. The van der Waals surface area contributed by atoms with Gasteiger partial charge in [0.1, 0.15) is 11.9 Å². The van der Waals surface area contributed by atoms with Crippen molar-refractivity contribution in [1.82, 2.24) is 4.90 Å². The zero-order chi connectivity index (χ0) is 24.2. The third kappa shape index (κ3) is 4.69. The molecule has 0 bridgehead atoms. The lowest BCUT2D eigenvalue weighted by Crippen LogP contribution is -2.53. The first-order valence-corrected chi connectivity index (χ1v) is 11.3. The van der Waals surface area contributed by atoms with E-state index in [1.165, 1.54) is 18.2 Å². The van der Waals surface area contributed by atoms with Crippen LogP contribution in [0.4, 0.5) is 10.1 Å². The second kappa shape index (κ2) is 9.88. The molecule has 34 heavy (non-hydrogen) atoms. The molecule has 3 aromatic carbocycles. The number of carbonyl (C=O) groups is 2. The number of fused-ring (bicyclic) bond motifs is 1. The van der Waals surface area contributed by atoms with Crippen molar-refractivity contribution in [2.75, 3.05) is 11.9 Å². The highest BCUT2D eigenvalue weighted by atomic mass is 19.1. The molecule has 0 saturated carbocycles. The van der Waals surface area contributed by atoms with Gasteiger partial charge in [0.2, 0.25) is 5.91 Å². The maximum Gasteiger partial charge on any atom is 0.254 e. The Morgan fingerprint density at radius 3 is 2.50 bits per heavy atom. The van der Waals surface area contributed by atoms with Crippen LogP contribution in [0.25, 0.3) is 0 Å². The molecule has 2 amide bonds. The van der Waals surface area contributed by atoms with E-state index in [1.807, 2.05) is 61.2 Å². The molecule has 1 heterocycles. The number of anilines is 1. The molecule has 2 atom stereocenters. The van der Waals surface area contributed by atoms with E-state index in [9.17, 15) is 14.0 Å². The van der Waals surface area contributed by atoms with Gasteiger partial charge >= 0.3 is 0 Å². The minimum absolute atomic E-state index is 0.0807. The molecule has 6 heteroatoms. The molecular formula is C28H26FN3O2. The molecule has 4 rings (SSSR count). The third-order valence-corrected chi connectivity index (χ3v) is 6.06. The lowest BCUT2D eigenvalue weighted by Gasteiger charge is -2.42. The lowest BCUT2D eigenvalue weighted by molar-refractivity contribution is -0.119. The molecule has 172 valence electrons. The summed E-state index contributed by atoms with van der Waals surface area (Å²) in [6.45, 7) is 4.61. The van der Waals surface area contributed by atoms with Crippen molar-refractivity contribution in [1.29, 1.82) is 5.26 Å². The number of hydrogen-bond donors (Lipinski definition) is 1. The summed E-state index contributed by atoms with van der Waals surface area (Å²) in [4.78, 5) is 29.1. The summed E-state index contributed by atoms with van der Waals surface area (Å²) in [7, 11) is 0. The summed E-state index contributed by atoms with van der Waals surface area (Å²) >= 11 is 0. The first-order chi connectivity index (χ1) is 16.4. The van der Waals surface area contributed by atoms with Gasteiger partial charge in [0.25, 0.3) is 5.91 Å². The van der Waals surface area contributed by atoms with Crippen LogP contribution in [0.5, 0.6) is 0 Å². The monoisotopic (exact) mass is 455 g/mol. The number of amides is 2. The van der Waals surface area contributed by atoms with E-state index in [1.54, 1.807) is 18.2 Å². The van der Waals surface area contributed by atoms with Gasteiger partial charge in [0.15, 0.2) is 0 Å². The van der Waals surface area contributed by atoms with Gasteiger partial charge in [-0.2, -0.15) is 5.26 Å². The molecule has 0 radical (unpaired) electrons. The number of carbonyl (C=O) groups excluding carboxylic acids is 2. The second-order valence-corrected chi connectivity index (χ2v) is 8.97. The molecule has 1 N–H and O–H groups in total. The average Bonchev–Trinajstić information content (AvgIpc) is 2.83. The molecule has 5 nitrogen and oxygen atoms in total. The number of nitrogens with one attached hydrogen (secondary N) is 1. The third-order valence-electron chi connectivity index (χ3n) is 6.06. The van der Waals surface area contributed by atoms with Gasteiger partial charge in [-0.1, -0.05) is 62.4 Å². The highest BCUT2D eigenvalue weighted by molar-refractivity contribution is 6.04. The predicted octanol–water partition coefficient (Wildman–Crippen LogP) is 5.14. The summed E-state index contributed by atoms with van der Waals surface area (Å²) in [5.41, 5.74) is 2.42. The van der Waals surface area contributed by atoms with E-state index in [2.05, 4.69) is 5.32 Å². The molecule has 1 aliphatic heterocycles. The van der Waals surface area contributed by atoms with Gasteiger partial charge in [0.05, 0.1) is 17.5 Å². The van der Waals surface area contributed by atoms with Crippen LogP contribution in [0.15, 0.2) is 72.8 Å². The van der Waals surface area contributed by atoms with Crippen LogP contribution in [-0.2, 0) is 11.2 Å². The van der Waals surface area contributed by atoms with Gasteiger partial charge in [0, 0.05) is 17.8 Å². The average molecular weight is 456 g/mol. The van der Waals surface area contributed by atoms with Crippen molar-refractivity contribution in [3.05, 3.63) is 101 Å². The molecule has 0 fully saturated rings. The second-order valence-electron chi connectivity index (χ2n) is 8.97. The summed E-state index contributed by atoms with van der Waals surface area (Å²) < 4.78 is 13.8. The topological polar surface area (TPSA) is 73.2 Å². The van der Waals surface area contributed by atoms with E-state index >= 15 is 0 Å². The minimum Gasteiger partial charge on any atom is -0.334 e. The Balaban J connectivity index is 1.78. The Morgan fingerprint density at radius 2 is 1.79 bits per heavy atom. The Morgan fingerprint density at radius 1 is 1.09 bits per heavy atom. The molecule has 0 unspecified atom stereocenters. The molecular weight excluding hydrogens is 429 g/mol. The standard InChI is InChI=1S/C28H26FN3O2/c1-18(2)17-32-25(14-19-8-4-3-5-9-19)26(22-10-6-7-11-23(22)28(32)34)27(33)31-21-12-13-24(29)20(15-21)16-30/h3-13,15,18,25-26H,14,17H2,1-2H3,(H,31,33)/t25-,26+/m1/s1. The minimum atomic E-state index is -0.640. The van der Waals surface area contributed by atoms with Gasteiger partial charge in [-0.25, -0.2) is 4.39 Å². The number of nitrogens with zero attached hydrogens (tertiary/aromatic N) is 2. The van der Waals surface area contributed by atoms with Crippen molar-refractivity contribution < 1.29 is 14.0 Å². The zero-order valence-corrected chi connectivity index (χ0v) is 19.2. The Labute approximate surface area is 198 Å². The van der Waals surface area contributed by atoms with Gasteiger partial charge < -0.3 is 10.2 Å². The van der Waals surface area contributed by atoms with E-state index in [0.717, 1.165) is 5.56 Å². The largest absolute Gasteiger partial charge is 0.334 e. The van der Waals surface area contributed by atoms with E-state index < -0.39 is 17.8 Å². The fraction of sp³-hybridized carbons (Fsp3) is 0.250. The van der Waals surface area contributed by atoms with Crippen molar-refractivity contribution >= 4 is 17.5 Å². The van der Waals surface area contributed by atoms with E-state index in [-0.39, 0.29) is 23.3 Å². The van der Waals surface area contributed by atoms with Crippen molar-refractivity contribution in [2.45, 2.75) is 32.2 Å². The Hall–Kier alpha value is -3.98. The van der Waals surface area contributed by atoms with Crippen LogP contribution in [0.1, 0.15) is 46.8 Å². The Bertz CT molecular complexity index is 1250. The molecule has 1 aliphatic rings. The SMILES string of the molecule is CC(C)CN1C(=O)c2ccccc2[C@H](C(=O)Nc2ccc(F)c(C#N)c2)[C@H]1Cc1ccccc1. The summed E-state index contributed by atoms with van der Waals surface area (Å²) in [6.07, 6.45) is 0.512. The maximum absolute atomic E-state index is 13.8. The summed E-state index contributed by atoms with van der Waals surface area (Å²) in [6, 6.07) is 22.3. The number of nitriles is 1. The highest BCUT2D eigenvalue weighted by Gasteiger charge is 2.43. The number of hydrogen-bond acceptors (Lipinski definition) is 3. The molecule has 0 spiro atoms. The van der Waals surface area contributed by atoms with Crippen LogP contribution < -0.4 is 5.32 Å². The van der Waals surface area contributed by atoms with Gasteiger partial charge in [-0.15, -0.1) is 0 Å². The Kier molecular flexibility index (Phi) is 6.74. The highest BCUT2D eigenvalue weighted by Crippen LogP contribution is 2.36. The maximum atomic E-state index is 13.8. The number of benzene rings is 3. The number of rotatable bonds is 6.